The van der Waals surface area contributed by atoms with Crippen LogP contribution in [-0.4, -0.2) is 42.1 Å². The van der Waals surface area contributed by atoms with E-state index in [1.807, 2.05) is 30.3 Å². The first-order valence-corrected chi connectivity index (χ1v) is 9.96. The fourth-order valence-corrected chi connectivity index (χ4v) is 3.55. The first-order valence-electron chi connectivity index (χ1n) is 9.96. The molecule has 1 amide bonds. The second kappa shape index (κ2) is 9.30. The van der Waals surface area contributed by atoms with Crippen LogP contribution in [0.3, 0.4) is 0 Å². The van der Waals surface area contributed by atoms with Gasteiger partial charge in [-0.1, -0.05) is 30.3 Å². The summed E-state index contributed by atoms with van der Waals surface area (Å²) in [6, 6.07) is 18.4. The van der Waals surface area contributed by atoms with E-state index in [0.717, 1.165) is 37.4 Å². The van der Waals surface area contributed by atoms with Crippen LogP contribution in [0.2, 0.25) is 0 Å². The SMILES string of the molecule is O=C(NCCc1ccncc1)c1ccc(N2CCN[C@@H](c3ccccc3)C2)nc1. The number of carbonyl (C=O) groups is 1. The van der Waals surface area contributed by atoms with E-state index in [1.54, 1.807) is 18.6 Å². The van der Waals surface area contributed by atoms with Crippen LogP contribution in [0.15, 0.2) is 73.2 Å². The van der Waals surface area contributed by atoms with E-state index < -0.39 is 0 Å². The first kappa shape index (κ1) is 19.1. The Kier molecular flexibility index (Phi) is 6.12. The highest BCUT2D eigenvalue weighted by Crippen LogP contribution is 2.21. The molecule has 1 saturated heterocycles. The van der Waals surface area contributed by atoms with Crippen molar-refractivity contribution in [2.45, 2.75) is 12.5 Å². The minimum Gasteiger partial charge on any atom is -0.353 e. The Balaban J connectivity index is 1.33. The van der Waals surface area contributed by atoms with Gasteiger partial charge in [0.25, 0.3) is 5.91 Å². The lowest BCUT2D eigenvalue weighted by molar-refractivity contribution is 0.0954. The van der Waals surface area contributed by atoms with Crippen molar-refractivity contribution in [3.63, 3.8) is 0 Å². The molecule has 6 heteroatoms. The van der Waals surface area contributed by atoms with Gasteiger partial charge in [0.15, 0.2) is 0 Å². The minimum absolute atomic E-state index is 0.0967. The van der Waals surface area contributed by atoms with Crippen LogP contribution in [0.4, 0.5) is 5.82 Å². The summed E-state index contributed by atoms with van der Waals surface area (Å²) in [6.45, 7) is 3.24. The molecule has 1 aliphatic rings. The molecule has 2 N–H and O–H groups in total. The molecule has 0 saturated carbocycles. The van der Waals surface area contributed by atoms with E-state index in [-0.39, 0.29) is 11.9 Å². The number of aromatic nitrogens is 2. The van der Waals surface area contributed by atoms with Gasteiger partial charge in [-0.2, -0.15) is 0 Å². The summed E-state index contributed by atoms with van der Waals surface area (Å²) in [5.41, 5.74) is 3.01. The molecule has 3 aromatic rings. The van der Waals surface area contributed by atoms with Gasteiger partial charge in [-0.25, -0.2) is 4.98 Å². The number of anilines is 1. The molecule has 29 heavy (non-hydrogen) atoms. The standard InChI is InChI=1S/C23H25N5O/c29-23(26-13-10-18-8-11-24-12-9-18)20-6-7-22(27-16-20)28-15-14-25-21(17-28)19-4-2-1-3-5-19/h1-9,11-12,16,21,25H,10,13-15,17H2,(H,26,29)/t21-/m1/s1. The number of pyridine rings is 2. The molecule has 1 atom stereocenters. The fraction of sp³-hybridized carbons (Fsp3) is 0.261. The van der Waals surface area contributed by atoms with Crippen molar-refractivity contribution in [1.82, 2.24) is 20.6 Å². The molecular formula is C23H25N5O. The van der Waals surface area contributed by atoms with Crippen molar-refractivity contribution >= 4 is 11.7 Å². The summed E-state index contributed by atoms with van der Waals surface area (Å²) in [6.07, 6.45) is 5.97. The van der Waals surface area contributed by atoms with Gasteiger partial charge in [0, 0.05) is 50.8 Å². The summed E-state index contributed by atoms with van der Waals surface area (Å²) in [7, 11) is 0. The monoisotopic (exact) mass is 387 g/mol. The number of hydrogen-bond acceptors (Lipinski definition) is 5. The van der Waals surface area contributed by atoms with Crippen LogP contribution in [0.25, 0.3) is 0 Å². The molecule has 1 aliphatic heterocycles. The Bertz CT molecular complexity index is 915. The number of carbonyl (C=O) groups excluding carboxylic acids is 1. The van der Waals surface area contributed by atoms with Crippen LogP contribution < -0.4 is 15.5 Å². The van der Waals surface area contributed by atoms with Gasteiger partial charge in [0.05, 0.1) is 5.56 Å². The topological polar surface area (TPSA) is 70.2 Å². The smallest absolute Gasteiger partial charge is 0.252 e. The maximum Gasteiger partial charge on any atom is 0.252 e. The predicted octanol–water partition coefficient (Wildman–Crippen LogP) is 2.60. The van der Waals surface area contributed by atoms with E-state index in [2.05, 4.69) is 49.8 Å². The molecule has 0 radical (unpaired) electrons. The van der Waals surface area contributed by atoms with Gasteiger partial charge in [-0.15, -0.1) is 0 Å². The fourth-order valence-electron chi connectivity index (χ4n) is 3.55. The van der Waals surface area contributed by atoms with Crippen molar-refractivity contribution in [1.29, 1.82) is 0 Å². The second-order valence-corrected chi connectivity index (χ2v) is 7.13. The average molecular weight is 387 g/mol. The first-order chi connectivity index (χ1) is 14.3. The second-order valence-electron chi connectivity index (χ2n) is 7.13. The number of benzene rings is 1. The normalized spacial score (nSPS) is 16.4. The van der Waals surface area contributed by atoms with Crippen LogP contribution >= 0.6 is 0 Å². The summed E-state index contributed by atoms with van der Waals surface area (Å²) in [4.78, 5) is 23.2. The highest BCUT2D eigenvalue weighted by atomic mass is 16.1. The van der Waals surface area contributed by atoms with Crippen LogP contribution in [-0.2, 0) is 6.42 Å². The molecule has 2 aromatic heterocycles. The Morgan fingerprint density at radius 1 is 1.10 bits per heavy atom. The van der Waals surface area contributed by atoms with Gasteiger partial charge in [-0.05, 0) is 41.8 Å². The number of nitrogens with zero attached hydrogens (tertiary/aromatic N) is 3. The van der Waals surface area contributed by atoms with E-state index in [1.165, 1.54) is 5.56 Å². The predicted molar refractivity (Wildman–Crippen MR) is 114 cm³/mol. The third-order valence-corrected chi connectivity index (χ3v) is 5.16. The quantitative estimate of drug-likeness (QED) is 0.680. The summed E-state index contributed by atoms with van der Waals surface area (Å²) in [5.74, 6) is 0.807. The van der Waals surface area contributed by atoms with E-state index in [0.29, 0.717) is 12.1 Å². The van der Waals surface area contributed by atoms with E-state index >= 15 is 0 Å². The van der Waals surface area contributed by atoms with Gasteiger partial charge >= 0.3 is 0 Å². The summed E-state index contributed by atoms with van der Waals surface area (Å²) in [5, 5.41) is 6.52. The maximum atomic E-state index is 12.4. The van der Waals surface area contributed by atoms with Gasteiger partial charge < -0.3 is 15.5 Å². The third kappa shape index (κ3) is 4.97. The van der Waals surface area contributed by atoms with Gasteiger partial charge in [0.1, 0.15) is 5.82 Å². The molecule has 0 bridgehead atoms. The van der Waals surface area contributed by atoms with Gasteiger partial charge in [0.2, 0.25) is 0 Å². The van der Waals surface area contributed by atoms with Crippen molar-refractivity contribution in [2.24, 2.45) is 0 Å². The molecule has 0 unspecified atom stereocenters. The largest absolute Gasteiger partial charge is 0.353 e. The Hall–Kier alpha value is -3.25. The van der Waals surface area contributed by atoms with E-state index in [4.69, 9.17) is 0 Å². The minimum atomic E-state index is -0.0967. The molecule has 1 fully saturated rings. The van der Waals surface area contributed by atoms with Crippen LogP contribution in [0, 0.1) is 0 Å². The zero-order chi connectivity index (χ0) is 19.9. The molecule has 4 rings (SSSR count). The number of piperazine rings is 1. The number of nitrogens with one attached hydrogen (secondary N) is 2. The zero-order valence-electron chi connectivity index (χ0n) is 16.3. The number of rotatable bonds is 6. The Labute approximate surface area is 171 Å². The lowest BCUT2D eigenvalue weighted by Gasteiger charge is -2.34. The molecule has 148 valence electrons. The van der Waals surface area contributed by atoms with Crippen LogP contribution in [0.5, 0.6) is 0 Å². The lowest BCUT2D eigenvalue weighted by atomic mass is 10.0. The molecule has 0 aliphatic carbocycles. The molecule has 6 nitrogen and oxygen atoms in total. The molecule has 1 aromatic carbocycles. The highest BCUT2D eigenvalue weighted by Gasteiger charge is 2.21. The third-order valence-electron chi connectivity index (χ3n) is 5.16. The summed E-state index contributed by atoms with van der Waals surface area (Å²) < 4.78 is 0. The molecule has 3 heterocycles. The van der Waals surface area contributed by atoms with Crippen molar-refractivity contribution in [2.75, 3.05) is 31.1 Å². The zero-order valence-corrected chi connectivity index (χ0v) is 16.3. The average Bonchev–Trinajstić information content (AvgIpc) is 2.80. The highest BCUT2D eigenvalue weighted by molar-refractivity contribution is 5.94. The van der Waals surface area contributed by atoms with Crippen molar-refractivity contribution in [3.05, 3.63) is 89.9 Å². The van der Waals surface area contributed by atoms with Crippen molar-refractivity contribution < 1.29 is 4.79 Å². The number of hydrogen-bond donors (Lipinski definition) is 2. The van der Waals surface area contributed by atoms with E-state index in [9.17, 15) is 4.79 Å². The lowest BCUT2D eigenvalue weighted by Crippen LogP contribution is -2.46. The van der Waals surface area contributed by atoms with Crippen molar-refractivity contribution in [3.8, 4) is 0 Å². The molecule has 0 spiro atoms. The Morgan fingerprint density at radius 2 is 1.93 bits per heavy atom. The van der Waals surface area contributed by atoms with Crippen LogP contribution in [0.1, 0.15) is 27.5 Å². The Morgan fingerprint density at radius 3 is 2.69 bits per heavy atom. The molecular weight excluding hydrogens is 362 g/mol. The summed E-state index contributed by atoms with van der Waals surface area (Å²) >= 11 is 0. The maximum absolute atomic E-state index is 12.4. The van der Waals surface area contributed by atoms with Gasteiger partial charge in [-0.3, -0.25) is 9.78 Å². The number of amides is 1.